The van der Waals surface area contributed by atoms with E-state index in [1.807, 2.05) is 6.92 Å². The van der Waals surface area contributed by atoms with Crippen LogP contribution in [0.4, 0.5) is 0 Å². The third kappa shape index (κ3) is 2.94. The first kappa shape index (κ1) is 14.5. The number of rotatable bonds is 3. The van der Waals surface area contributed by atoms with Crippen LogP contribution in [0.25, 0.3) is 10.9 Å². The monoisotopic (exact) mass is 283 g/mol. The van der Waals surface area contributed by atoms with E-state index in [1.165, 1.54) is 30.3 Å². The van der Waals surface area contributed by atoms with E-state index in [0.29, 0.717) is 12.0 Å². The number of fused-ring (bicyclic) bond motifs is 1. The van der Waals surface area contributed by atoms with E-state index in [9.17, 15) is 0 Å². The van der Waals surface area contributed by atoms with Gasteiger partial charge in [0.2, 0.25) is 0 Å². The third-order valence-electron chi connectivity index (χ3n) is 4.67. The summed E-state index contributed by atoms with van der Waals surface area (Å²) >= 11 is 0. The number of nitrogens with one attached hydrogen (secondary N) is 1. The lowest BCUT2D eigenvalue weighted by Crippen LogP contribution is -2.39. The molecule has 0 aliphatic carbocycles. The van der Waals surface area contributed by atoms with E-state index >= 15 is 0 Å². The molecule has 1 aliphatic rings. The van der Waals surface area contributed by atoms with Gasteiger partial charge in [0.15, 0.2) is 0 Å². The minimum atomic E-state index is 0.511. The Morgan fingerprint density at radius 2 is 2.14 bits per heavy atom. The van der Waals surface area contributed by atoms with Crippen molar-refractivity contribution >= 4 is 10.9 Å². The molecule has 2 unspecified atom stereocenters. The van der Waals surface area contributed by atoms with Crippen molar-refractivity contribution in [3.05, 3.63) is 41.6 Å². The number of nitrogens with zero attached hydrogens (tertiary/aromatic N) is 2. The van der Waals surface area contributed by atoms with Crippen LogP contribution >= 0.6 is 0 Å². The topological polar surface area (TPSA) is 28.2 Å². The average Bonchev–Trinajstić information content (AvgIpc) is 2.47. The average molecular weight is 283 g/mol. The number of likely N-dealkylation sites (tertiary alicyclic amines) is 1. The summed E-state index contributed by atoms with van der Waals surface area (Å²) in [6, 6.07) is 11.6. The van der Waals surface area contributed by atoms with Crippen molar-refractivity contribution < 1.29 is 0 Å². The van der Waals surface area contributed by atoms with E-state index in [2.05, 4.69) is 59.6 Å². The highest BCUT2D eigenvalue weighted by atomic mass is 15.1. The van der Waals surface area contributed by atoms with Gasteiger partial charge in [0.25, 0.3) is 0 Å². The quantitative estimate of drug-likeness (QED) is 0.938. The second kappa shape index (κ2) is 6.12. The normalized spacial score (nSPS) is 23.6. The molecule has 0 saturated carbocycles. The van der Waals surface area contributed by atoms with Gasteiger partial charge in [-0.15, -0.1) is 0 Å². The number of benzene rings is 1. The van der Waals surface area contributed by atoms with Gasteiger partial charge in [-0.1, -0.05) is 12.1 Å². The first-order chi connectivity index (χ1) is 10.2. The fourth-order valence-electron chi connectivity index (χ4n) is 3.69. The minimum absolute atomic E-state index is 0.511. The number of piperidine rings is 1. The Kier molecular flexibility index (Phi) is 4.22. The predicted molar refractivity (Wildman–Crippen MR) is 88.5 cm³/mol. The summed E-state index contributed by atoms with van der Waals surface area (Å²) in [6.07, 6.45) is 2.60. The number of hydrogen-bond donors (Lipinski definition) is 1. The molecule has 21 heavy (non-hydrogen) atoms. The third-order valence-corrected chi connectivity index (χ3v) is 4.67. The van der Waals surface area contributed by atoms with Crippen LogP contribution in [0.15, 0.2) is 30.3 Å². The van der Waals surface area contributed by atoms with E-state index in [1.54, 1.807) is 0 Å². The summed E-state index contributed by atoms with van der Waals surface area (Å²) in [7, 11) is 4.31. The fourth-order valence-corrected chi connectivity index (χ4v) is 3.69. The molecule has 1 N–H and O–H groups in total. The van der Waals surface area contributed by atoms with Crippen LogP contribution in [0.1, 0.15) is 30.1 Å². The van der Waals surface area contributed by atoms with Gasteiger partial charge in [0.1, 0.15) is 0 Å². The van der Waals surface area contributed by atoms with Crippen molar-refractivity contribution in [3.63, 3.8) is 0 Å². The van der Waals surface area contributed by atoms with Crippen molar-refractivity contribution in [2.75, 3.05) is 27.2 Å². The largest absolute Gasteiger partial charge is 0.319 e. The van der Waals surface area contributed by atoms with Crippen molar-refractivity contribution in [1.29, 1.82) is 0 Å². The van der Waals surface area contributed by atoms with E-state index in [4.69, 9.17) is 0 Å². The molecule has 112 valence electrons. The molecule has 1 fully saturated rings. The maximum absolute atomic E-state index is 4.61. The van der Waals surface area contributed by atoms with Crippen LogP contribution in [0, 0.1) is 12.8 Å². The summed E-state index contributed by atoms with van der Waals surface area (Å²) in [5, 5.41) is 4.61. The fraction of sp³-hybridized carbons (Fsp3) is 0.500. The highest BCUT2D eigenvalue weighted by molar-refractivity contribution is 5.79. The second-order valence-corrected chi connectivity index (χ2v) is 6.29. The molecule has 0 amide bonds. The Bertz CT molecular complexity index is 621. The number of hydrogen-bond acceptors (Lipinski definition) is 3. The lowest BCUT2D eigenvalue weighted by Gasteiger charge is -2.39. The smallest absolute Gasteiger partial charge is 0.0705 e. The highest BCUT2D eigenvalue weighted by Gasteiger charge is 2.30. The van der Waals surface area contributed by atoms with E-state index < -0.39 is 0 Å². The van der Waals surface area contributed by atoms with Crippen molar-refractivity contribution in [1.82, 2.24) is 15.2 Å². The molecule has 0 spiro atoms. The first-order valence-corrected chi connectivity index (χ1v) is 7.91. The minimum Gasteiger partial charge on any atom is -0.319 e. The lowest BCUT2D eigenvalue weighted by molar-refractivity contribution is 0.121. The van der Waals surface area contributed by atoms with Crippen LogP contribution in [0.2, 0.25) is 0 Å². The van der Waals surface area contributed by atoms with Gasteiger partial charge >= 0.3 is 0 Å². The molecular weight excluding hydrogens is 258 g/mol. The molecule has 1 aliphatic heterocycles. The van der Waals surface area contributed by atoms with Gasteiger partial charge in [-0.05, 0) is 76.6 Å². The maximum atomic E-state index is 4.61. The van der Waals surface area contributed by atoms with Gasteiger partial charge in [-0.2, -0.15) is 0 Å². The maximum Gasteiger partial charge on any atom is 0.0705 e. The molecule has 1 aromatic heterocycles. The first-order valence-electron chi connectivity index (χ1n) is 7.91. The van der Waals surface area contributed by atoms with Crippen LogP contribution in [0.5, 0.6) is 0 Å². The second-order valence-electron chi connectivity index (χ2n) is 6.29. The van der Waals surface area contributed by atoms with Gasteiger partial charge in [-0.25, -0.2) is 0 Å². The molecule has 3 heteroatoms. The molecule has 3 rings (SSSR count). The summed E-state index contributed by atoms with van der Waals surface area (Å²) in [6.45, 7) is 4.32. The van der Waals surface area contributed by atoms with Crippen LogP contribution in [-0.4, -0.2) is 37.1 Å². The van der Waals surface area contributed by atoms with Gasteiger partial charge in [0.05, 0.1) is 5.52 Å². The molecule has 1 saturated heterocycles. The van der Waals surface area contributed by atoms with Gasteiger partial charge < -0.3 is 5.32 Å². The summed E-state index contributed by atoms with van der Waals surface area (Å²) < 4.78 is 0. The van der Waals surface area contributed by atoms with Crippen molar-refractivity contribution in [2.45, 2.75) is 25.8 Å². The Hall–Kier alpha value is -1.45. The van der Waals surface area contributed by atoms with Crippen molar-refractivity contribution in [3.8, 4) is 0 Å². The van der Waals surface area contributed by atoms with E-state index in [0.717, 1.165) is 17.8 Å². The predicted octanol–water partition coefficient (Wildman–Crippen LogP) is 3.15. The Balaban J connectivity index is 1.98. The standard InChI is InChI=1S/C18H25N3/c1-13-6-7-14-11-15(8-9-17(14)20-13)18-16(12-19-2)5-4-10-21(18)3/h6-9,11,16,18-19H,4-5,10,12H2,1-3H3. The van der Waals surface area contributed by atoms with Crippen LogP contribution < -0.4 is 5.32 Å². The zero-order valence-electron chi connectivity index (χ0n) is 13.3. The summed E-state index contributed by atoms with van der Waals surface area (Å²) in [4.78, 5) is 7.12. The molecule has 2 atom stereocenters. The Morgan fingerprint density at radius 1 is 1.29 bits per heavy atom. The molecule has 2 heterocycles. The van der Waals surface area contributed by atoms with Crippen molar-refractivity contribution in [2.24, 2.45) is 5.92 Å². The van der Waals surface area contributed by atoms with Gasteiger partial charge in [0, 0.05) is 17.1 Å². The van der Waals surface area contributed by atoms with Crippen LogP contribution in [0.3, 0.4) is 0 Å². The van der Waals surface area contributed by atoms with Gasteiger partial charge in [-0.3, -0.25) is 9.88 Å². The summed E-state index contributed by atoms with van der Waals surface area (Å²) in [5.74, 6) is 0.685. The number of pyridine rings is 1. The zero-order valence-corrected chi connectivity index (χ0v) is 13.3. The highest BCUT2D eigenvalue weighted by Crippen LogP contribution is 2.35. The zero-order chi connectivity index (χ0) is 14.8. The molecule has 1 aromatic carbocycles. The SMILES string of the molecule is CNCC1CCCN(C)C1c1ccc2nc(C)ccc2c1. The Morgan fingerprint density at radius 3 is 2.95 bits per heavy atom. The Labute approximate surface area is 127 Å². The molecule has 0 radical (unpaired) electrons. The number of aromatic nitrogens is 1. The van der Waals surface area contributed by atoms with E-state index in [-0.39, 0.29) is 0 Å². The van der Waals surface area contributed by atoms with Crippen LogP contribution in [-0.2, 0) is 0 Å². The molecule has 3 nitrogen and oxygen atoms in total. The molecule has 0 bridgehead atoms. The molecule has 2 aromatic rings. The summed E-state index contributed by atoms with van der Waals surface area (Å²) in [5.41, 5.74) is 3.61. The lowest BCUT2D eigenvalue weighted by atomic mass is 9.84. The number of aryl methyl sites for hydroxylation is 1. The molecular formula is C18H25N3.